The van der Waals surface area contributed by atoms with Crippen LogP contribution in [0.1, 0.15) is 42.9 Å². The van der Waals surface area contributed by atoms with Crippen molar-refractivity contribution >= 4 is 11.7 Å². The summed E-state index contributed by atoms with van der Waals surface area (Å²) >= 11 is 0. The minimum atomic E-state index is -0.359. The Morgan fingerprint density at radius 2 is 1.94 bits per heavy atom. The molecular formula is C24H24N4O3. The van der Waals surface area contributed by atoms with E-state index in [1.165, 1.54) is 11.9 Å². The van der Waals surface area contributed by atoms with Crippen LogP contribution in [0.25, 0.3) is 0 Å². The molecule has 0 bridgehead atoms. The molecule has 2 atom stereocenters. The molecule has 0 radical (unpaired) electrons. The van der Waals surface area contributed by atoms with Gasteiger partial charge in [-0.25, -0.2) is 4.68 Å². The zero-order valence-corrected chi connectivity index (χ0v) is 17.5. The summed E-state index contributed by atoms with van der Waals surface area (Å²) in [6, 6.07) is 15.6. The number of aromatic nitrogens is 3. The molecule has 1 aliphatic heterocycles. The minimum Gasteiger partial charge on any atom is -0.493 e. The Balaban J connectivity index is 1.59. The lowest BCUT2D eigenvalue weighted by Gasteiger charge is -2.35. The molecule has 7 heteroatoms. The van der Waals surface area contributed by atoms with Crippen LogP contribution in [0.3, 0.4) is 0 Å². The van der Waals surface area contributed by atoms with Crippen LogP contribution in [0, 0.1) is 0 Å². The van der Waals surface area contributed by atoms with Gasteiger partial charge in [-0.1, -0.05) is 36.4 Å². The lowest BCUT2D eigenvalue weighted by atomic mass is 9.78. The smallest absolute Gasteiger partial charge is 0.226 e. The number of benzene rings is 2. The van der Waals surface area contributed by atoms with Crippen molar-refractivity contribution in [2.24, 2.45) is 0 Å². The number of fused-ring (bicyclic) bond motifs is 1. The third-order valence-corrected chi connectivity index (χ3v) is 5.94. The Morgan fingerprint density at radius 1 is 1.10 bits per heavy atom. The summed E-state index contributed by atoms with van der Waals surface area (Å²) in [4.78, 5) is 17.8. The van der Waals surface area contributed by atoms with Gasteiger partial charge in [0.05, 0.1) is 13.7 Å². The molecular weight excluding hydrogens is 392 g/mol. The number of carbonyl (C=O) groups excluding carboxylic acids is 1. The van der Waals surface area contributed by atoms with E-state index < -0.39 is 0 Å². The zero-order chi connectivity index (χ0) is 21.4. The van der Waals surface area contributed by atoms with Gasteiger partial charge in [-0.05, 0) is 42.5 Å². The number of ether oxygens (including phenoxy) is 2. The number of allylic oxidation sites excluding steroid dienone is 2. The molecule has 7 nitrogen and oxygen atoms in total. The van der Waals surface area contributed by atoms with Crippen LogP contribution >= 0.6 is 0 Å². The summed E-state index contributed by atoms with van der Waals surface area (Å²) in [5, 5.41) is 7.78. The Morgan fingerprint density at radius 3 is 2.71 bits per heavy atom. The molecule has 2 heterocycles. The number of hydrogen-bond acceptors (Lipinski definition) is 6. The lowest BCUT2D eigenvalue weighted by molar-refractivity contribution is -0.116. The van der Waals surface area contributed by atoms with E-state index in [9.17, 15) is 4.79 Å². The molecule has 3 aromatic rings. The standard InChI is InChI=1S/C24H24N4O3/c1-3-31-20-10-9-16(13-21(20)30-2)23-22-18(27-24-25-14-26-28(23)24)11-17(12-19(22)29)15-7-5-4-6-8-15/h4-10,13-14,17,23H,3,11-12H2,1-2H3,(H,25,26,27)/t17-,23+/m0/s1. The summed E-state index contributed by atoms with van der Waals surface area (Å²) in [6.07, 6.45) is 2.74. The van der Waals surface area contributed by atoms with Crippen molar-refractivity contribution in [1.29, 1.82) is 0 Å². The Hall–Kier alpha value is -3.61. The maximum atomic E-state index is 13.4. The van der Waals surface area contributed by atoms with Gasteiger partial charge in [0.2, 0.25) is 5.95 Å². The average molecular weight is 416 g/mol. The summed E-state index contributed by atoms with van der Waals surface area (Å²) in [5.41, 5.74) is 3.75. The molecule has 1 aromatic heterocycles. The fourth-order valence-corrected chi connectivity index (χ4v) is 4.55. The summed E-state index contributed by atoms with van der Waals surface area (Å²) in [7, 11) is 1.62. The minimum absolute atomic E-state index is 0.126. The average Bonchev–Trinajstić information content (AvgIpc) is 3.27. The van der Waals surface area contributed by atoms with Crippen LogP contribution in [0.5, 0.6) is 11.5 Å². The van der Waals surface area contributed by atoms with E-state index in [-0.39, 0.29) is 17.7 Å². The molecule has 0 amide bonds. The molecule has 2 aliphatic rings. The molecule has 31 heavy (non-hydrogen) atoms. The highest BCUT2D eigenvalue weighted by Crippen LogP contribution is 2.45. The van der Waals surface area contributed by atoms with E-state index in [0.717, 1.165) is 23.3 Å². The van der Waals surface area contributed by atoms with Crippen molar-refractivity contribution in [2.45, 2.75) is 31.7 Å². The molecule has 2 aromatic carbocycles. The summed E-state index contributed by atoms with van der Waals surface area (Å²) < 4.78 is 13.0. The van der Waals surface area contributed by atoms with Crippen molar-refractivity contribution in [3.05, 3.63) is 77.3 Å². The monoisotopic (exact) mass is 416 g/mol. The first-order chi connectivity index (χ1) is 15.2. The van der Waals surface area contributed by atoms with Crippen molar-refractivity contribution in [1.82, 2.24) is 14.8 Å². The topological polar surface area (TPSA) is 78.3 Å². The van der Waals surface area contributed by atoms with Crippen LogP contribution < -0.4 is 14.8 Å². The Labute approximate surface area is 180 Å². The SMILES string of the molecule is CCOc1ccc([C@@H]2C3=C(C[C@H](c4ccccc4)CC3=O)Nc3ncnn32)cc1OC. The number of nitrogens with one attached hydrogen (secondary N) is 1. The maximum Gasteiger partial charge on any atom is 0.226 e. The van der Waals surface area contributed by atoms with Gasteiger partial charge in [0.1, 0.15) is 12.4 Å². The fourth-order valence-electron chi connectivity index (χ4n) is 4.55. The number of anilines is 1. The molecule has 1 N–H and O–H groups in total. The molecule has 0 unspecified atom stereocenters. The summed E-state index contributed by atoms with van der Waals surface area (Å²) in [6.45, 7) is 2.48. The molecule has 5 rings (SSSR count). The van der Waals surface area contributed by atoms with E-state index in [1.807, 2.05) is 43.3 Å². The number of carbonyl (C=O) groups is 1. The van der Waals surface area contributed by atoms with Gasteiger partial charge in [0.25, 0.3) is 0 Å². The number of ketones is 1. The summed E-state index contributed by atoms with van der Waals surface area (Å²) in [5.74, 6) is 2.21. The second kappa shape index (κ2) is 7.91. The molecule has 1 aliphatic carbocycles. The lowest BCUT2D eigenvalue weighted by Crippen LogP contribution is -2.33. The number of nitrogens with zero attached hydrogens (tertiary/aromatic N) is 3. The van der Waals surface area contributed by atoms with E-state index in [4.69, 9.17) is 9.47 Å². The van der Waals surface area contributed by atoms with Gasteiger partial charge < -0.3 is 14.8 Å². The predicted molar refractivity (Wildman–Crippen MR) is 116 cm³/mol. The highest BCUT2D eigenvalue weighted by Gasteiger charge is 2.39. The Bertz CT molecular complexity index is 1150. The van der Waals surface area contributed by atoms with Crippen molar-refractivity contribution in [3.63, 3.8) is 0 Å². The van der Waals surface area contributed by atoms with Gasteiger partial charge >= 0.3 is 0 Å². The van der Waals surface area contributed by atoms with Crippen molar-refractivity contribution < 1.29 is 14.3 Å². The number of Topliss-reactive ketones (excluding diaryl/α,β-unsaturated/α-hetero) is 1. The predicted octanol–water partition coefficient (Wildman–Crippen LogP) is 4.10. The number of hydrogen-bond donors (Lipinski definition) is 1. The van der Waals surface area contributed by atoms with Crippen LogP contribution in [-0.2, 0) is 4.79 Å². The zero-order valence-electron chi connectivity index (χ0n) is 17.5. The quantitative estimate of drug-likeness (QED) is 0.675. The highest BCUT2D eigenvalue weighted by atomic mass is 16.5. The normalized spacial score (nSPS) is 20.0. The van der Waals surface area contributed by atoms with Crippen LogP contribution in [-0.4, -0.2) is 34.3 Å². The maximum absolute atomic E-state index is 13.4. The van der Waals surface area contributed by atoms with Gasteiger partial charge in [0, 0.05) is 17.7 Å². The molecule has 0 spiro atoms. The molecule has 0 saturated heterocycles. The Kier molecular flexibility index (Phi) is 4.94. The third kappa shape index (κ3) is 3.36. The molecule has 0 fully saturated rings. The van der Waals surface area contributed by atoms with Crippen molar-refractivity contribution in [2.75, 3.05) is 19.0 Å². The van der Waals surface area contributed by atoms with E-state index in [1.54, 1.807) is 11.8 Å². The number of methoxy groups -OCH3 is 1. The van der Waals surface area contributed by atoms with Gasteiger partial charge in [-0.15, -0.1) is 0 Å². The third-order valence-electron chi connectivity index (χ3n) is 5.94. The van der Waals surface area contributed by atoms with Crippen LogP contribution in [0.2, 0.25) is 0 Å². The van der Waals surface area contributed by atoms with E-state index >= 15 is 0 Å². The van der Waals surface area contributed by atoms with Crippen molar-refractivity contribution in [3.8, 4) is 11.5 Å². The fraction of sp³-hybridized carbons (Fsp3) is 0.292. The molecule has 0 saturated carbocycles. The highest BCUT2D eigenvalue weighted by molar-refractivity contribution is 6.00. The largest absolute Gasteiger partial charge is 0.493 e. The van der Waals surface area contributed by atoms with Gasteiger partial charge in [-0.3, -0.25) is 4.79 Å². The van der Waals surface area contributed by atoms with Gasteiger partial charge in [-0.2, -0.15) is 10.1 Å². The van der Waals surface area contributed by atoms with Crippen LogP contribution in [0.4, 0.5) is 5.95 Å². The van der Waals surface area contributed by atoms with Gasteiger partial charge in [0.15, 0.2) is 17.3 Å². The molecule has 158 valence electrons. The second-order valence-electron chi connectivity index (χ2n) is 7.73. The van der Waals surface area contributed by atoms with E-state index in [2.05, 4.69) is 27.5 Å². The van der Waals surface area contributed by atoms with E-state index in [0.29, 0.717) is 30.5 Å². The van der Waals surface area contributed by atoms with Crippen LogP contribution in [0.15, 0.2) is 66.1 Å². The number of rotatable bonds is 5. The second-order valence-corrected chi connectivity index (χ2v) is 7.73. The first-order valence-corrected chi connectivity index (χ1v) is 10.5. The first-order valence-electron chi connectivity index (χ1n) is 10.5. The first kappa shape index (κ1) is 19.4.